The van der Waals surface area contributed by atoms with Gasteiger partial charge in [-0.1, -0.05) is 35.9 Å². The number of nitrogens with one attached hydrogen (secondary N) is 1. The highest BCUT2D eigenvalue weighted by Crippen LogP contribution is 2.22. The number of carbonyl (C=O) groups is 2. The SMILES string of the molecule is C=CCN(CC(=O)O)C(=O)NC(C)c1ccccc1Cl. The van der Waals surface area contributed by atoms with Gasteiger partial charge in [-0.25, -0.2) is 4.79 Å². The maximum atomic E-state index is 12.0. The minimum atomic E-state index is -1.08. The number of hydrogen-bond acceptors (Lipinski definition) is 2. The molecule has 0 aliphatic carbocycles. The zero-order valence-electron chi connectivity index (χ0n) is 11.2. The number of aliphatic carboxylic acids is 1. The summed E-state index contributed by atoms with van der Waals surface area (Å²) in [5, 5.41) is 12.0. The summed E-state index contributed by atoms with van der Waals surface area (Å²) in [6, 6.07) is 6.37. The fourth-order valence-corrected chi connectivity index (χ4v) is 2.02. The number of nitrogens with zero attached hydrogens (tertiary/aromatic N) is 1. The molecule has 108 valence electrons. The Bertz CT molecular complexity index is 505. The number of carbonyl (C=O) groups excluding carboxylic acids is 1. The molecule has 0 bridgehead atoms. The second-order valence-electron chi connectivity index (χ2n) is 4.26. The zero-order valence-corrected chi connectivity index (χ0v) is 11.9. The molecule has 0 saturated carbocycles. The number of halogens is 1. The van der Waals surface area contributed by atoms with Gasteiger partial charge in [0.2, 0.25) is 0 Å². The molecule has 0 aromatic heterocycles. The summed E-state index contributed by atoms with van der Waals surface area (Å²) in [6.07, 6.45) is 1.47. The first-order valence-corrected chi connectivity index (χ1v) is 6.46. The van der Waals surface area contributed by atoms with Crippen LogP contribution in [0.1, 0.15) is 18.5 Å². The van der Waals surface area contributed by atoms with Crippen molar-refractivity contribution in [3.8, 4) is 0 Å². The lowest BCUT2D eigenvalue weighted by Gasteiger charge is -2.23. The minimum Gasteiger partial charge on any atom is -0.480 e. The molecule has 0 fully saturated rings. The van der Waals surface area contributed by atoms with Crippen molar-refractivity contribution in [1.29, 1.82) is 0 Å². The van der Waals surface area contributed by atoms with E-state index in [1.807, 2.05) is 12.1 Å². The van der Waals surface area contributed by atoms with E-state index in [0.717, 1.165) is 10.5 Å². The maximum absolute atomic E-state index is 12.0. The van der Waals surface area contributed by atoms with E-state index >= 15 is 0 Å². The van der Waals surface area contributed by atoms with Crippen molar-refractivity contribution in [3.05, 3.63) is 47.5 Å². The minimum absolute atomic E-state index is 0.160. The molecule has 0 aliphatic rings. The van der Waals surface area contributed by atoms with Gasteiger partial charge >= 0.3 is 12.0 Å². The van der Waals surface area contributed by atoms with E-state index in [-0.39, 0.29) is 19.1 Å². The van der Waals surface area contributed by atoms with Gasteiger partial charge in [-0.15, -0.1) is 6.58 Å². The van der Waals surface area contributed by atoms with Crippen LogP contribution in [0.3, 0.4) is 0 Å². The fourth-order valence-electron chi connectivity index (χ4n) is 1.72. The molecule has 1 unspecified atom stereocenters. The molecule has 0 aliphatic heterocycles. The monoisotopic (exact) mass is 296 g/mol. The Morgan fingerprint density at radius 1 is 1.50 bits per heavy atom. The molecule has 0 spiro atoms. The maximum Gasteiger partial charge on any atom is 0.323 e. The summed E-state index contributed by atoms with van der Waals surface area (Å²) in [6.45, 7) is 5.07. The van der Waals surface area contributed by atoms with Gasteiger partial charge in [0.15, 0.2) is 0 Å². The Morgan fingerprint density at radius 2 is 2.15 bits per heavy atom. The fraction of sp³-hybridized carbons (Fsp3) is 0.286. The van der Waals surface area contributed by atoms with Crippen LogP contribution in [0, 0.1) is 0 Å². The summed E-state index contributed by atoms with van der Waals surface area (Å²) < 4.78 is 0. The van der Waals surface area contributed by atoms with Crippen LogP contribution in [0.4, 0.5) is 4.79 Å². The summed E-state index contributed by atoms with van der Waals surface area (Å²) in [7, 11) is 0. The van der Waals surface area contributed by atoms with Gasteiger partial charge in [-0.05, 0) is 18.6 Å². The van der Waals surface area contributed by atoms with E-state index < -0.39 is 12.0 Å². The van der Waals surface area contributed by atoms with Crippen molar-refractivity contribution in [2.45, 2.75) is 13.0 Å². The van der Waals surface area contributed by atoms with Crippen molar-refractivity contribution in [1.82, 2.24) is 10.2 Å². The molecule has 5 nitrogen and oxygen atoms in total. The molecule has 1 atom stereocenters. The zero-order chi connectivity index (χ0) is 15.1. The van der Waals surface area contributed by atoms with Crippen molar-refractivity contribution < 1.29 is 14.7 Å². The van der Waals surface area contributed by atoms with Crippen LogP contribution >= 0.6 is 11.6 Å². The highest BCUT2D eigenvalue weighted by molar-refractivity contribution is 6.31. The van der Waals surface area contributed by atoms with Gasteiger partial charge in [-0.3, -0.25) is 4.79 Å². The average Bonchev–Trinajstić information content (AvgIpc) is 2.38. The van der Waals surface area contributed by atoms with Crippen LogP contribution < -0.4 is 5.32 Å². The highest BCUT2D eigenvalue weighted by Gasteiger charge is 2.18. The van der Waals surface area contributed by atoms with Crippen LogP contribution in [-0.2, 0) is 4.79 Å². The predicted molar refractivity (Wildman–Crippen MR) is 77.8 cm³/mol. The van der Waals surface area contributed by atoms with Crippen LogP contribution in [0.2, 0.25) is 5.02 Å². The first kappa shape index (κ1) is 16.0. The van der Waals surface area contributed by atoms with Gasteiger partial charge in [0.1, 0.15) is 6.54 Å². The average molecular weight is 297 g/mol. The predicted octanol–water partition coefficient (Wildman–Crippen LogP) is 2.68. The molecule has 2 N–H and O–H groups in total. The molecule has 0 radical (unpaired) electrons. The lowest BCUT2D eigenvalue weighted by Crippen LogP contribution is -2.43. The molecule has 20 heavy (non-hydrogen) atoms. The number of benzene rings is 1. The van der Waals surface area contributed by atoms with Gasteiger partial charge in [0.25, 0.3) is 0 Å². The molecule has 1 rings (SSSR count). The number of urea groups is 1. The number of amides is 2. The Kier molecular flexibility index (Phi) is 6.06. The third-order valence-electron chi connectivity index (χ3n) is 2.67. The first-order valence-electron chi connectivity index (χ1n) is 6.08. The van der Waals surface area contributed by atoms with Crippen molar-refractivity contribution in [2.75, 3.05) is 13.1 Å². The Morgan fingerprint density at radius 3 is 2.70 bits per heavy atom. The van der Waals surface area contributed by atoms with E-state index in [4.69, 9.17) is 16.7 Å². The van der Waals surface area contributed by atoms with Gasteiger partial charge < -0.3 is 15.3 Å². The Hall–Kier alpha value is -2.01. The van der Waals surface area contributed by atoms with Crippen LogP contribution in [-0.4, -0.2) is 35.1 Å². The Labute approximate surface area is 122 Å². The third-order valence-corrected chi connectivity index (χ3v) is 3.02. The quantitative estimate of drug-likeness (QED) is 0.793. The smallest absolute Gasteiger partial charge is 0.323 e. The number of carboxylic acid groups (broad SMARTS) is 1. The van der Waals surface area contributed by atoms with Gasteiger partial charge in [-0.2, -0.15) is 0 Å². The second-order valence-corrected chi connectivity index (χ2v) is 4.66. The van der Waals surface area contributed by atoms with Crippen molar-refractivity contribution in [3.63, 3.8) is 0 Å². The van der Waals surface area contributed by atoms with Gasteiger partial charge in [0.05, 0.1) is 6.04 Å². The normalized spacial score (nSPS) is 11.5. The first-order chi connectivity index (χ1) is 9.45. The molecule has 2 amide bonds. The van der Waals surface area contributed by atoms with Crippen LogP contribution in [0.15, 0.2) is 36.9 Å². The second kappa shape index (κ2) is 7.55. The summed E-state index contributed by atoms with van der Waals surface area (Å²) in [5.74, 6) is -1.08. The number of carboxylic acids is 1. The van der Waals surface area contributed by atoms with E-state index in [2.05, 4.69) is 11.9 Å². The van der Waals surface area contributed by atoms with Crippen LogP contribution in [0.5, 0.6) is 0 Å². The van der Waals surface area contributed by atoms with E-state index in [0.29, 0.717) is 5.02 Å². The largest absolute Gasteiger partial charge is 0.480 e. The summed E-state index contributed by atoms with van der Waals surface area (Å²) in [4.78, 5) is 23.9. The molecule has 0 heterocycles. The molecule has 0 saturated heterocycles. The standard InChI is InChI=1S/C14H17ClN2O3/c1-3-8-17(9-13(18)19)14(20)16-10(2)11-6-4-5-7-12(11)15/h3-7,10H,1,8-9H2,2H3,(H,16,20)(H,18,19). The lowest BCUT2D eigenvalue weighted by molar-refractivity contribution is -0.137. The third kappa shape index (κ3) is 4.59. The van der Waals surface area contributed by atoms with Gasteiger partial charge in [0, 0.05) is 11.6 Å². The van der Waals surface area contributed by atoms with E-state index in [1.54, 1.807) is 19.1 Å². The van der Waals surface area contributed by atoms with Crippen molar-refractivity contribution >= 4 is 23.6 Å². The van der Waals surface area contributed by atoms with E-state index in [1.165, 1.54) is 6.08 Å². The topological polar surface area (TPSA) is 69.6 Å². The molecular formula is C14H17ClN2O3. The summed E-state index contributed by atoms with van der Waals surface area (Å²) in [5.41, 5.74) is 0.774. The molecule has 1 aromatic rings. The van der Waals surface area contributed by atoms with Crippen LogP contribution in [0.25, 0.3) is 0 Å². The number of rotatable bonds is 6. The van der Waals surface area contributed by atoms with E-state index in [9.17, 15) is 9.59 Å². The Balaban J connectivity index is 2.74. The molecule has 6 heteroatoms. The highest BCUT2D eigenvalue weighted by atomic mass is 35.5. The molecule has 1 aromatic carbocycles. The number of hydrogen-bond donors (Lipinski definition) is 2. The lowest BCUT2D eigenvalue weighted by atomic mass is 10.1. The summed E-state index contributed by atoms with van der Waals surface area (Å²) >= 11 is 6.05. The van der Waals surface area contributed by atoms with Crippen molar-refractivity contribution in [2.24, 2.45) is 0 Å². The molecular weight excluding hydrogens is 280 g/mol.